The number of hydrogen-bond acceptors (Lipinski definition) is 6. The lowest BCUT2D eigenvalue weighted by Gasteiger charge is -2.47. The topological polar surface area (TPSA) is 79.7 Å². The Morgan fingerprint density at radius 1 is 1.28 bits per heavy atom. The van der Waals surface area contributed by atoms with Gasteiger partial charge in [0.15, 0.2) is 0 Å². The van der Waals surface area contributed by atoms with Crippen LogP contribution in [0.15, 0.2) is 41.2 Å². The summed E-state index contributed by atoms with van der Waals surface area (Å²) in [5.74, 6) is -0.943. The molecule has 2 aromatic rings. The number of aliphatic carboxylic acids is 1. The van der Waals surface area contributed by atoms with Crippen LogP contribution in [0, 0.1) is 0 Å². The molecular formula is C18H17F3N2O4S2. The van der Waals surface area contributed by atoms with Crippen molar-refractivity contribution in [3.8, 4) is 5.88 Å². The summed E-state index contributed by atoms with van der Waals surface area (Å²) in [6.45, 7) is 1.66. The summed E-state index contributed by atoms with van der Waals surface area (Å²) in [5, 5.41) is 11.0. The molecule has 156 valence electrons. The number of hydrogen-bond donors (Lipinski definition) is 1. The molecule has 0 saturated carbocycles. The van der Waals surface area contributed by atoms with Crippen LogP contribution < -0.4 is 4.74 Å². The van der Waals surface area contributed by atoms with Crippen molar-refractivity contribution in [2.24, 2.45) is 0 Å². The number of thiophene rings is 1. The number of alkyl halides is 3. The van der Waals surface area contributed by atoms with E-state index in [2.05, 4.69) is 4.98 Å². The van der Waals surface area contributed by atoms with Crippen molar-refractivity contribution in [3.63, 3.8) is 0 Å². The van der Waals surface area contributed by atoms with E-state index in [-0.39, 0.29) is 16.8 Å². The summed E-state index contributed by atoms with van der Waals surface area (Å²) in [6, 6.07) is 7.61. The van der Waals surface area contributed by atoms with E-state index >= 15 is 0 Å². The lowest BCUT2D eigenvalue weighted by atomic mass is 9.92. The second-order valence-corrected chi connectivity index (χ2v) is 8.85. The number of carboxylic acid groups (broad SMARTS) is 1. The highest BCUT2D eigenvalue weighted by atomic mass is 32.2. The summed E-state index contributed by atoms with van der Waals surface area (Å²) in [4.78, 5) is 27.3. The number of carbonyl (C=O) groups is 2. The third kappa shape index (κ3) is 5.41. The van der Waals surface area contributed by atoms with E-state index in [1.165, 1.54) is 0 Å². The monoisotopic (exact) mass is 446 g/mol. The fourth-order valence-corrected chi connectivity index (χ4v) is 5.20. The Kier molecular flexibility index (Phi) is 6.37. The van der Waals surface area contributed by atoms with Crippen LogP contribution in [0.2, 0.25) is 0 Å². The summed E-state index contributed by atoms with van der Waals surface area (Å²) in [5.41, 5.74) is 0.809. The first kappa shape index (κ1) is 21.4. The van der Waals surface area contributed by atoms with Crippen molar-refractivity contribution in [1.29, 1.82) is 0 Å². The molecule has 1 amide bonds. The highest BCUT2D eigenvalue weighted by Gasteiger charge is 2.51. The predicted molar refractivity (Wildman–Crippen MR) is 102 cm³/mol. The van der Waals surface area contributed by atoms with Crippen LogP contribution in [0.3, 0.4) is 0 Å². The Balaban J connectivity index is 0.000000298. The van der Waals surface area contributed by atoms with E-state index in [4.69, 9.17) is 14.6 Å². The molecule has 4 rings (SSSR count). The number of thioether (sulfide) groups is 1. The number of carbonyl (C=O) groups excluding carboxylic acids is 1. The van der Waals surface area contributed by atoms with Gasteiger partial charge in [-0.25, -0.2) is 9.78 Å². The third-order valence-electron chi connectivity index (χ3n) is 4.36. The van der Waals surface area contributed by atoms with E-state index in [1.807, 2.05) is 51.7 Å². The molecule has 2 saturated heterocycles. The lowest BCUT2D eigenvalue weighted by Crippen LogP contribution is -2.60. The Labute approximate surface area is 172 Å². The van der Waals surface area contributed by atoms with Crippen LogP contribution in [0.5, 0.6) is 5.88 Å². The van der Waals surface area contributed by atoms with Gasteiger partial charge in [-0.2, -0.15) is 24.5 Å². The standard InChI is InChI=1S/C16H16N2O2S2.C2HF3O2/c19-15(12-4-6-21-8-12)18-10-16(11-18)7-13(9-22-16)20-14-3-1-2-5-17-14;3-2(4,5)1(6)7/h1-6,8,13H,7,9-11H2;(H,6,7). The molecule has 0 radical (unpaired) electrons. The number of carboxylic acids is 1. The minimum absolute atomic E-state index is 0.154. The van der Waals surface area contributed by atoms with Gasteiger partial charge in [-0.3, -0.25) is 4.79 Å². The van der Waals surface area contributed by atoms with Crippen LogP contribution >= 0.6 is 23.1 Å². The lowest BCUT2D eigenvalue weighted by molar-refractivity contribution is -0.192. The van der Waals surface area contributed by atoms with Gasteiger partial charge < -0.3 is 14.7 Å². The van der Waals surface area contributed by atoms with Crippen molar-refractivity contribution >= 4 is 35.0 Å². The van der Waals surface area contributed by atoms with Gasteiger partial charge in [0, 0.05) is 42.9 Å². The van der Waals surface area contributed by atoms with Gasteiger partial charge in [0.25, 0.3) is 5.91 Å². The Bertz CT molecular complexity index is 841. The van der Waals surface area contributed by atoms with E-state index in [0.717, 1.165) is 30.8 Å². The van der Waals surface area contributed by atoms with E-state index < -0.39 is 12.1 Å². The van der Waals surface area contributed by atoms with Crippen LogP contribution in [0.25, 0.3) is 0 Å². The number of likely N-dealkylation sites (tertiary alicyclic amines) is 1. The number of rotatable bonds is 3. The van der Waals surface area contributed by atoms with Gasteiger partial charge in [-0.15, -0.1) is 11.8 Å². The van der Waals surface area contributed by atoms with E-state index in [9.17, 15) is 18.0 Å². The molecule has 0 aliphatic carbocycles. The quantitative estimate of drug-likeness (QED) is 0.777. The van der Waals surface area contributed by atoms with Gasteiger partial charge >= 0.3 is 12.1 Å². The fourth-order valence-electron chi connectivity index (χ4n) is 3.05. The van der Waals surface area contributed by atoms with Crippen LogP contribution in [0.4, 0.5) is 13.2 Å². The number of amides is 1. The van der Waals surface area contributed by atoms with Gasteiger partial charge in [0.1, 0.15) is 6.10 Å². The molecule has 6 nitrogen and oxygen atoms in total. The Hall–Kier alpha value is -2.27. The fraction of sp³-hybridized carbons (Fsp3) is 0.389. The second-order valence-electron chi connectivity index (χ2n) is 6.58. The molecule has 29 heavy (non-hydrogen) atoms. The molecule has 1 spiro atoms. The number of halogens is 3. The SMILES string of the molecule is O=C(O)C(F)(F)F.O=C(c1ccsc1)N1CC2(CC(Oc3ccccn3)CS2)C1. The molecule has 1 N–H and O–H groups in total. The van der Waals surface area contributed by atoms with Crippen LogP contribution in [-0.2, 0) is 4.79 Å². The Morgan fingerprint density at radius 2 is 2.00 bits per heavy atom. The van der Waals surface area contributed by atoms with Gasteiger partial charge in [-0.1, -0.05) is 6.07 Å². The summed E-state index contributed by atoms with van der Waals surface area (Å²) in [7, 11) is 0. The maximum Gasteiger partial charge on any atom is 0.490 e. The predicted octanol–water partition coefficient (Wildman–Crippen LogP) is 3.56. The van der Waals surface area contributed by atoms with E-state index in [0.29, 0.717) is 5.88 Å². The first-order chi connectivity index (χ1) is 13.7. The van der Waals surface area contributed by atoms with Gasteiger partial charge in [0.2, 0.25) is 5.88 Å². The average molecular weight is 446 g/mol. The normalized spacial score (nSPS) is 19.8. The molecule has 2 aromatic heterocycles. The van der Waals surface area contributed by atoms with Crippen molar-refractivity contribution in [1.82, 2.24) is 9.88 Å². The molecule has 1 atom stereocenters. The first-order valence-electron chi connectivity index (χ1n) is 8.52. The molecule has 2 aliphatic rings. The zero-order valence-corrected chi connectivity index (χ0v) is 16.6. The maximum atomic E-state index is 12.3. The minimum atomic E-state index is -5.08. The van der Waals surface area contributed by atoms with Crippen molar-refractivity contribution < 1.29 is 32.6 Å². The molecule has 4 heterocycles. The number of pyridine rings is 1. The zero-order chi connectivity index (χ0) is 21.1. The van der Waals surface area contributed by atoms with Crippen LogP contribution in [-0.4, -0.2) is 62.7 Å². The average Bonchev–Trinajstić information content (AvgIpc) is 3.31. The maximum absolute atomic E-state index is 12.3. The smallest absolute Gasteiger partial charge is 0.475 e. The Morgan fingerprint density at radius 3 is 2.55 bits per heavy atom. The zero-order valence-electron chi connectivity index (χ0n) is 15.0. The number of ether oxygens (including phenoxy) is 1. The number of nitrogens with zero attached hydrogens (tertiary/aromatic N) is 2. The summed E-state index contributed by atoms with van der Waals surface area (Å²) in [6.07, 6.45) is -2.15. The largest absolute Gasteiger partial charge is 0.490 e. The number of aromatic nitrogens is 1. The third-order valence-corrected chi connectivity index (χ3v) is 6.62. The van der Waals surface area contributed by atoms with Crippen LogP contribution in [0.1, 0.15) is 16.8 Å². The molecule has 0 bridgehead atoms. The highest BCUT2D eigenvalue weighted by molar-refractivity contribution is 8.01. The molecule has 0 aromatic carbocycles. The van der Waals surface area contributed by atoms with Gasteiger partial charge in [0.05, 0.1) is 10.3 Å². The minimum Gasteiger partial charge on any atom is -0.475 e. The second kappa shape index (κ2) is 8.62. The molecule has 1 unspecified atom stereocenters. The highest BCUT2D eigenvalue weighted by Crippen LogP contribution is 2.46. The van der Waals surface area contributed by atoms with Crippen molar-refractivity contribution in [3.05, 3.63) is 46.8 Å². The van der Waals surface area contributed by atoms with Crippen molar-refractivity contribution in [2.75, 3.05) is 18.8 Å². The summed E-state index contributed by atoms with van der Waals surface area (Å²) < 4.78 is 37.9. The summed E-state index contributed by atoms with van der Waals surface area (Å²) >= 11 is 3.50. The molecule has 2 aliphatic heterocycles. The molecular weight excluding hydrogens is 429 g/mol. The molecule has 2 fully saturated rings. The van der Waals surface area contributed by atoms with E-state index in [1.54, 1.807) is 17.5 Å². The first-order valence-corrected chi connectivity index (χ1v) is 10.4. The van der Waals surface area contributed by atoms with Gasteiger partial charge in [-0.05, 0) is 17.5 Å². The molecule has 11 heteroatoms. The van der Waals surface area contributed by atoms with Crippen molar-refractivity contribution in [2.45, 2.75) is 23.4 Å².